The van der Waals surface area contributed by atoms with Crippen molar-refractivity contribution in [1.82, 2.24) is 0 Å². The molecule has 4 aromatic carbocycles. The molecule has 2 nitrogen and oxygen atoms in total. The van der Waals surface area contributed by atoms with Crippen LogP contribution in [0.5, 0.6) is 0 Å². The number of rotatable bonds is 3. The van der Waals surface area contributed by atoms with Gasteiger partial charge in [0.25, 0.3) is 0 Å². The van der Waals surface area contributed by atoms with Gasteiger partial charge >= 0.3 is 0 Å². The Morgan fingerprint density at radius 3 is 2.38 bits per heavy atom. The standard InChI is InChI=1S/C25H17Cl2NO/c26-20-7-3-4-16(12-20)15-25(19-9-8-17-5-1-2-6-18(17)13-19)22-11-10-21(27)14-23(22)28-24(25)29/h1-14H,15H2,(H,28,29). The number of hydrogen-bond donors (Lipinski definition) is 1. The Morgan fingerprint density at radius 1 is 0.759 bits per heavy atom. The van der Waals surface area contributed by atoms with E-state index >= 15 is 0 Å². The Kier molecular flexibility index (Phi) is 4.34. The van der Waals surface area contributed by atoms with Crippen molar-refractivity contribution in [2.45, 2.75) is 11.8 Å². The summed E-state index contributed by atoms with van der Waals surface area (Å²) < 4.78 is 0. The first-order chi connectivity index (χ1) is 14.1. The van der Waals surface area contributed by atoms with Crippen LogP contribution in [-0.2, 0) is 16.6 Å². The fourth-order valence-electron chi connectivity index (χ4n) is 4.32. The summed E-state index contributed by atoms with van der Waals surface area (Å²) in [5.74, 6) is -0.0509. The van der Waals surface area contributed by atoms with Crippen LogP contribution < -0.4 is 5.32 Å². The molecule has 0 saturated heterocycles. The second-order valence-electron chi connectivity index (χ2n) is 7.42. The molecule has 1 heterocycles. The van der Waals surface area contributed by atoms with Crippen molar-refractivity contribution in [1.29, 1.82) is 0 Å². The molecule has 0 radical (unpaired) electrons. The summed E-state index contributed by atoms with van der Waals surface area (Å²) in [4.78, 5) is 13.5. The number of anilines is 1. The lowest BCUT2D eigenvalue weighted by molar-refractivity contribution is -0.119. The van der Waals surface area contributed by atoms with Crippen LogP contribution in [0.2, 0.25) is 10.0 Å². The van der Waals surface area contributed by atoms with E-state index in [1.165, 1.54) is 0 Å². The first-order valence-electron chi connectivity index (χ1n) is 9.41. The number of nitrogens with one attached hydrogen (secondary N) is 1. The van der Waals surface area contributed by atoms with Crippen LogP contribution in [0.15, 0.2) is 84.9 Å². The molecule has 1 amide bonds. The SMILES string of the molecule is O=C1Nc2cc(Cl)ccc2C1(Cc1cccc(Cl)c1)c1ccc2ccccc2c1. The highest BCUT2D eigenvalue weighted by Gasteiger charge is 2.48. The summed E-state index contributed by atoms with van der Waals surface area (Å²) in [6.45, 7) is 0. The average Bonchev–Trinajstić information content (AvgIpc) is 2.99. The average molecular weight is 418 g/mol. The molecule has 1 atom stereocenters. The highest BCUT2D eigenvalue weighted by Crippen LogP contribution is 2.46. The number of carbonyl (C=O) groups is 1. The Morgan fingerprint density at radius 2 is 1.55 bits per heavy atom. The van der Waals surface area contributed by atoms with E-state index in [0.29, 0.717) is 16.5 Å². The van der Waals surface area contributed by atoms with E-state index < -0.39 is 5.41 Å². The molecule has 0 aliphatic carbocycles. The van der Waals surface area contributed by atoms with Crippen molar-refractivity contribution in [3.05, 3.63) is 112 Å². The van der Waals surface area contributed by atoms with Crippen LogP contribution in [0, 0.1) is 0 Å². The van der Waals surface area contributed by atoms with Crippen molar-refractivity contribution in [3.8, 4) is 0 Å². The Bertz CT molecular complexity index is 1270. The summed E-state index contributed by atoms with van der Waals surface area (Å²) in [7, 11) is 0. The van der Waals surface area contributed by atoms with Crippen molar-refractivity contribution < 1.29 is 4.79 Å². The third-order valence-electron chi connectivity index (χ3n) is 5.68. The molecule has 1 aliphatic heterocycles. The van der Waals surface area contributed by atoms with Gasteiger partial charge in [-0.15, -0.1) is 0 Å². The molecule has 0 bridgehead atoms. The second kappa shape index (κ2) is 6.91. The zero-order valence-corrected chi connectivity index (χ0v) is 17.0. The van der Waals surface area contributed by atoms with Crippen LogP contribution >= 0.6 is 23.2 Å². The maximum Gasteiger partial charge on any atom is 0.239 e. The van der Waals surface area contributed by atoms with E-state index in [2.05, 4.69) is 35.6 Å². The van der Waals surface area contributed by atoms with Crippen LogP contribution in [0.1, 0.15) is 16.7 Å². The molecule has 0 fully saturated rings. The van der Waals surface area contributed by atoms with Gasteiger partial charge in [-0.25, -0.2) is 0 Å². The van der Waals surface area contributed by atoms with Crippen LogP contribution in [0.25, 0.3) is 10.8 Å². The van der Waals surface area contributed by atoms with Gasteiger partial charge in [-0.1, -0.05) is 77.8 Å². The summed E-state index contributed by atoms with van der Waals surface area (Å²) in [5.41, 5.74) is 2.80. The van der Waals surface area contributed by atoms with E-state index in [1.54, 1.807) is 0 Å². The van der Waals surface area contributed by atoms with Crippen molar-refractivity contribution in [3.63, 3.8) is 0 Å². The molecule has 0 saturated carbocycles. The van der Waals surface area contributed by atoms with Gasteiger partial charge in [-0.05, 0) is 64.2 Å². The first kappa shape index (κ1) is 18.2. The number of halogens is 2. The van der Waals surface area contributed by atoms with Crippen LogP contribution in [-0.4, -0.2) is 5.91 Å². The minimum atomic E-state index is -0.853. The lowest BCUT2D eigenvalue weighted by atomic mass is 9.71. The molecule has 1 aliphatic rings. The van der Waals surface area contributed by atoms with Crippen molar-refractivity contribution in [2.75, 3.05) is 5.32 Å². The largest absolute Gasteiger partial charge is 0.325 e. The number of fused-ring (bicyclic) bond motifs is 2. The quantitative estimate of drug-likeness (QED) is 0.398. The van der Waals surface area contributed by atoms with Gasteiger partial charge in [0.05, 0.1) is 0 Å². The first-order valence-corrected chi connectivity index (χ1v) is 10.2. The molecule has 1 unspecified atom stereocenters. The number of hydrogen-bond acceptors (Lipinski definition) is 1. The van der Waals surface area contributed by atoms with Gasteiger partial charge < -0.3 is 5.32 Å². The fourth-order valence-corrected chi connectivity index (χ4v) is 4.70. The third-order valence-corrected chi connectivity index (χ3v) is 6.15. The van der Waals surface area contributed by atoms with E-state index in [9.17, 15) is 4.79 Å². The predicted molar refractivity (Wildman–Crippen MR) is 120 cm³/mol. The van der Waals surface area contributed by atoms with Crippen LogP contribution in [0.4, 0.5) is 5.69 Å². The van der Waals surface area contributed by atoms with Gasteiger partial charge in [0, 0.05) is 15.7 Å². The van der Waals surface area contributed by atoms with E-state index in [0.717, 1.165) is 33.2 Å². The molecule has 1 N–H and O–H groups in total. The predicted octanol–water partition coefficient (Wildman–Crippen LogP) is 6.63. The molecule has 4 heteroatoms. The van der Waals surface area contributed by atoms with Gasteiger partial charge in [0.1, 0.15) is 5.41 Å². The maximum absolute atomic E-state index is 13.5. The molecule has 5 rings (SSSR count). The van der Waals surface area contributed by atoms with E-state index in [1.807, 2.05) is 54.6 Å². The molecular weight excluding hydrogens is 401 g/mol. The molecule has 0 spiro atoms. The van der Waals surface area contributed by atoms with Gasteiger partial charge in [-0.3, -0.25) is 4.79 Å². The molecule has 29 heavy (non-hydrogen) atoms. The fraction of sp³-hybridized carbons (Fsp3) is 0.0800. The van der Waals surface area contributed by atoms with Crippen LogP contribution in [0.3, 0.4) is 0 Å². The Balaban J connectivity index is 1.76. The van der Waals surface area contributed by atoms with Gasteiger partial charge in [0.15, 0.2) is 0 Å². The topological polar surface area (TPSA) is 29.1 Å². The minimum Gasteiger partial charge on any atom is -0.325 e. The highest BCUT2D eigenvalue weighted by atomic mass is 35.5. The summed E-state index contributed by atoms with van der Waals surface area (Å²) in [6, 6.07) is 27.7. The molecule has 142 valence electrons. The number of carbonyl (C=O) groups excluding carboxylic acids is 1. The summed E-state index contributed by atoms with van der Waals surface area (Å²) in [5, 5.41) is 6.56. The second-order valence-corrected chi connectivity index (χ2v) is 8.29. The van der Waals surface area contributed by atoms with Crippen molar-refractivity contribution >= 4 is 45.6 Å². The number of benzene rings is 4. The lowest BCUT2D eigenvalue weighted by Crippen LogP contribution is -2.38. The number of amides is 1. The Labute approximate surface area is 179 Å². The smallest absolute Gasteiger partial charge is 0.239 e. The maximum atomic E-state index is 13.5. The monoisotopic (exact) mass is 417 g/mol. The summed E-state index contributed by atoms with van der Waals surface area (Å²) >= 11 is 12.4. The van der Waals surface area contributed by atoms with Gasteiger partial charge in [-0.2, -0.15) is 0 Å². The van der Waals surface area contributed by atoms with E-state index in [4.69, 9.17) is 23.2 Å². The highest BCUT2D eigenvalue weighted by molar-refractivity contribution is 6.31. The zero-order valence-electron chi connectivity index (χ0n) is 15.5. The Hall–Kier alpha value is -2.81. The molecule has 0 aromatic heterocycles. The van der Waals surface area contributed by atoms with Gasteiger partial charge in [0.2, 0.25) is 5.91 Å². The third kappa shape index (κ3) is 3.00. The lowest BCUT2D eigenvalue weighted by Gasteiger charge is -2.29. The zero-order chi connectivity index (χ0) is 20.0. The normalized spacial score (nSPS) is 17.9. The van der Waals surface area contributed by atoms with Crippen molar-refractivity contribution in [2.24, 2.45) is 0 Å². The summed E-state index contributed by atoms with van der Waals surface area (Å²) in [6.07, 6.45) is 0.506. The van der Waals surface area contributed by atoms with E-state index in [-0.39, 0.29) is 5.91 Å². The molecular formula is C25H17Cl2NO. The molecule has 4 aromatic rings. The minimum absolute atomic E-state index is 0.0509.